The first-order chi connectivity index (χ1) is 13.2. The quantitative estimate of drug-likeness (QED) is 0.286. The van der Waals surface area contributed by atoms with E-state index >= 15 is 0 Å². The number of ether oxygens (including phenoxy) is 3. The standard InChI is InChI=1S/C21H35N3O3.HI/c1-5-22-20(24-16-21(12-13-25-2)10-6-7-11-21)23-15-17-8-9-18(26-3)19(14-17)27-4;/h8-9,14H,5-7,10-13,15-16H2,1-4H3,(H2,22,23,24);1H. The van der Waals surface area contributed by atoms with Crippen LogP contribution in [0.3, 0.4) is 0 Å². The Labute approximate surface area is 186 Å². The number of benzene rings is 1. The average molecular weight is 505 g/mol. The van der Waals surface area contributed by atoms with Gasteiger partial charge in [0.15, 0.2) is 17.5 Å². The minimum atomic E-state index is 0. The molecule has 1 fully saturated rings. The van der Waals surface area contributed by atoms with Gasteiger partial charge in [-0.25, -0.2) is 4.99 Å². The largest absolute Gasteiger partial charge is 0.493 e. The van der Waals surface area contributed by atoms with Crippen molar-refractivity contribution in [1.82, 2.24) is 10.6 Å². The summed E-state index contributed by atoms with van der Waals surface area (Å²) in [5.74, 6) is 2.32. The van der Waals surface area contributed by atoms with Gasteiger partial charge in [-0.15, -0.1) is 24.0 Å². The van der Waals surface area contributed by atoms with Gasteiger partial charge in [-0.05, 0) is 49.3 Å². The van der Waals surface area contributed by atoms with Crippen molar-refractivity contribution in [3.63, 3.8) is 0 Å². The third kappa shape index (κ3) is 7.31. The number of nitrogens with zero attached hydrogens (tertiary/aromatic N) is 1. The summed E-state index contributed by atoms with van der Waals surface area (Å²) in [6, 6.07) is 5.91. The van der Waals surface area contributed by atoms with Crippen LogP contribution >= 0.6 is 24.0 Å². The van der Waals surface area contributed by atoms with E-state index in [0.29, 0.717) is 12.0 Å². The third-order valence-electron chi connectivity index (χ3n) is 5.34. The predicted octanol–water partition coefficient (Wildman–Crippen LogP) is 3.97. The van der Waals surface area contributed by atoms with Crippen LogP contribution in [0, 0.1) is 5.41 Å². The van der Waals surface area contributed by atoms with E-state index in [1.54, 1.807) is 21.3 Å². The van der Waals surface area contributed by atoms with Crippen LogP contribution in [0.4, 0.5) is 0 Å². The van der Waals surface area contributed by atoms with E-state index in [0.717, 1.165) is 49.1 Å². The third-order valence-corrected chi connectivity index (χ3v) is 5.34. The first-order valence-electron chi connectivity index (χ1n) is 9.88. The molecule has 0 aliphatic heterocycles. The molecule has 2 rings (SSSR count). The maximum absolute atomic E-state index is 5.38. The molecule has 28 heavy (non-hydrogen) atoms. The van der Waals surface area contributed by atoms with E-state index in [4.69, 9.17) is 19.2 Å². The highest BCUT2D eigenvalue weighted by molar-refractivity contribution is 14.0. The van der Waals surface area contributed by atoms with Gasteiger partial charge < -0.3 is 24.8 Å². The molecule has 0 saturated heterocycles. The fourth-order valence-corrected chi connectivity index (χ4v) is 3.72. The molecule has 1 aromatic carbocycles. The molecule has 2 N–H and O–H groups in total. The molecule has 0 atom stereocenters. The number of methoxy groups -OCH3 is 3. The van der Waals surface area contributed by atoms with Gasteiger partial charge in [0.25, 0.3) is 0 Å². The van der Waals surface area contributed by atoms with E-state index in [9.17, 15) is 0 Å². The summed E-state index contributed by atoms with van der Waals surface area (Å²) in [4.78, 5) is 4.75. The Bertz CT molecular complexity index is 605. The Kier molecular flexibility index (Phi) is 11.6. The van der Waals surface area contributed by atoms with Crippen molar-refractivity contribution in [3.05, 3.63) is 23.8 Å². The zero-order chi connectivity index (χ0) is 19.5. The van der Waals surface area contributed by atoms with Gasteiger partial charge in [-0.1, -0.05) is 18.9 Å². The summed E-state index contributed by atoms with van der Waals surface area (Å²) in [6.45, 7) is 5.27. The van der Waals surface area contributed by atoms with Crippen LogP contribution in [-0.2, 0) is 11.3 Å². The van der Waals surface area contributed by atoms with Gasteiger partial charge in [-0.3, -0.25) is 0 Å². The van der Waals surface area contributed by atoms with Gasteiger partial charge in [0.1, 0.15) is 0 Å². The lowest BCUT2D eigenvalue weighted by molar-refractivity contribution is 0.138. The fourth-order valence-electron chi connectivity index (χ4n) is 3.72. The summed E-state index contributed by atoms with van der Waals surface area (Å²) in [5.41, 5.74) is 1.41. The maximum Gasteiger partial charge on any atom is 0.191 e. The molecule has 0 spiro atoms. The molecule has 7 heteroatoms. The first-order valence-corrected chi connectivity index (χ1v) is 9.88. The van der Waals surface area contributed by atoms with E-state index in [-0.39, 0.29) is 24.0 Å². The van der Waals surface area contributed by atoms with Gasteiger partial charge >= 0.3 is 0 Å². The second-order valence-electron chi connectivity index (χ2n) is 7.19. The number of halogens is 1. The zero-order valence-corrected chi connectivity index (χ0v) is 20.0. The van der Waals surface area contributed by atoms with Crippen molar-refractivity contribution in [2.75, 3.05) is 41.0 Å². The minimum absolute atomic E-state index is 0. The average Bonchev–Trinajstić information content (AvgIpc) is 3.17. The van der Waals surface area contributed by atoms with Crippen LogP contribution in [0.2, 0.25) is 0 Å². The summed E-state index contributed by atoms with van der Waals surface area (Å²) in [6.07, 6.45) is 6.25. The number of guanidine groups is 1. The Morgan fingerprint density at radius 2 is 1.79 bits per heavy atom. The molecule has 1 aliphatic rings. The lowest BCUT2D eigenvalue weighted by atomic mass is 9.83. The Balaban J connectivity index is 0.00000392. The van der Waals surface area contributed by atoms with Crippen molar-refractivity contribution in [1.29, 1.82) is 0 Å². The fraction of sp³-hybridized carbons (Fsp3) is 0.667. The number of aliphatic imine (C=N–C) groups is 1. The zero-order valence-electron chi connectivity index (χ0n) is 17.7. The highest BCUT2D eigenvalue weighted by Crippen LogP contribution is 2.40. The molecule has 1 saturated carbocycles. The topological polar surface area (TPSA) is 64.1 Å². The molecule has 0 heterocycles. The molecule has 160 valence electrons. The second kappa shape index (κ2) is 13.1. The normalized spacial score (nSPS) is 15.6. The summed E-state index contributed by atoms with van der Waals surface area (Å²) >= 11 is 0. The molecular weight excluding hydrogens is 469 g/mol. The molecule has 0 aromatic heterocycles. The van der Waals surface area contributed by atoms with Crippen molar-refractivity contribution in [3.8, 4) is 11.5 Å². The number of nitrogens with one attached hydrogen (secondary N) is 2. The molecule has 0 amide bonds. The number of hydrogen-bond acceptors (Lipinski definition) is 4. The van der Waals surface area contributed by atoms with Crippen LogP contribution < -0.4 is 20.1 Å². The summed E-state index contributed by atoms with van der Waals surface area (Å²) in [7, 11) is 5.08. The lowest BCUT2D eigenvalue weighted by Gasteiger charge is -2.30. The Hall–Kier alpha value is -1.22. The van der Waals surface area contributed by atoms with E-state index in [1.165, 1.54) is 25.7 Å². The van der Waals surface area contributed by atoms with Crippen molar-refractivity contribution >= 4 is 29.9 Å². The van der Waals surface area contributed by atoms with E-state index < -0.39 is 0 Å². The van der Waals surface area contributed by atoms with Crippen LogP contribution in [-0.4, -0.2) is 47.0 Å². The molecule has 0 radical (unpaired) electrons. The SMILES string of the molecule is CCNC(=NCc1ccc(OC)c(OC)c1)NCC1(CCOC)CCCC1.I. The van der Waals surface area contributed by atoms with Crippen LogP contribution in [0.1, 0.15) is 44.6 Å². The predicted molar refractivity (Wildman–Crippen MR) is 125 cm³/mol. The molecular formula is C21H36IN3O3. The van der Waals surface area contributed by atoms with Gasteiger partial charge in [0.2, 0.25) is 0 Å². The summed E-state index contributed by atoms with van der Waals surface area (Å²) < 4.78 is 16.0. The van der Waals surface area contributed by atoms with Crippen molar-refractivity contribution in [2.45, 2.75) is 45.6 Å². The molecule has 1 aliphatic carbocycles. The minimum Gasteiger partial charge on any atom is -0.493 e. The van der Waals surface area contributed by atoms with E-state index in [2.05, 4.69) is 17.6 Å². The lowest BCUT2D eigenvalue weighted by Crippen LogP contribution is -2.43. The van der Waals surface area contributed by atoms with Crippen LogP contribution in [0.5, 0.6) is 11.5 Å². The monoisotopic (exact) mass is 505 g/mol. The molecule has 0 bridgehead atoms. The maximum atomic E-state index is 5.38. The smallest absolute Gasteiger partial charge is 0.191 e. The Morgan fingerprint density at radius 1 is 1.07 bits per heavy atom. The second-order valence-corrected chi connectivity index (χ2v) is 7.19. The van der Waals surface area contributed by atoms with Gasteiger partial charge in [-0.2, -0.15) is 0 Å². The van der Waals surface area contributed by atoms with Gasteiger partial charge in [0, 0.05) is 26.8 Å². The number of rotatable bonds is 10. The van der Waals surface area contributed by atoms with Crippen molar-refractivity contribution < 1.29 is 14.2 Å². The Morgan fingerprint density at radius 3 is 2.39 bits per heavy atom. The molecule has 6 nitrogen and oxygen atoms in total. The first kappa shape index (κ1) is 24.8. The van der Waals surface area contributed by atoms with Crippen LogP contribution in [0.25, 0.3) is 0 Å². The molecule has 1 aromatic rings. The summed E-state index contributed by atoms with van der Waals surface area (Å²) in [5, 5.41) is 6.91. The highest BCUT2D eigenvalue weighted by atomic mass is 127. The molecule has 0 unspecified atom stereocenters. The number of hydrogen-bond donors (Lipinski definition) is 2. The highest BCUT2D eigenvalue weighted by Gasteiger charge is 2.33. The van der Waals surface area contributed by atoms with E-state index in [1.807, 2.05) is 18.2 Å². The van der Waals surface area contributed by atoms with Crippen molar-refractivity contribution in [2.24, 2.45) is 10.4 Å². The van der Waals surface area contributed by atoms with Gasteiger partial charge in [0.05, 0.1) is 20.8 Å². The van der Waals surface area contributed by atoms with Crippen LogP contribution in [0.15, 0.2) is 23.2 Å².